The Morgan fingerprint density at radius 2 is 1.57 bits per heavy atom. The van der Waals surface area contributed by atoms with Gasteiger partial charge in [0.2, 0.25) is 23.6 Å². The highest BCUT2D eigenvalue weighted by molar-refractivity contribution is 7.96. The zero-order valence-electron chi connectivity index (χ0n) is 21.1. The maximum atomic E-state index is 13.1. The number of aliphatic hydroxyl groups is 1. The maximum absolute atomic E-state index is 13.1. The molecule has 1 rings (SSSR count). The molecule has 206 valence electrons. The van der Waals surface area contributed by atoms with Crippen LogP contribution in [0.5, 0.6) is 0 Å². The number of carbonyl (C=O) groups excluding carboxylic acids is 5. The molecule has 2 unspecified atom stereocenters. The van der Waals surface area contributed by atoms with Crippen LogP contribution in [0.1, 0.15) is 39.2 Å². The number of carbonyl (C=O) groups is 5. The molecule has 5 amide bonds. The molecule has 0 aliphatic carbocycles. The summed E-state index contributed by atoms with van der Waals surface area (Å²) in [6.07, 6.45) is -1.75. The second-order valence-corrected chi connectivity index (χ2v) is 9.40. The first-order valence-corrected chi connectivity index (χ1v) is 12.3. The average molecular weight is 542 g/mol. The number of halogens is 1. The number of alkyl halides is 1. The van der Waals surface area contributed by atoms with Gasteiger partial charge < -0.3 is 32.1 Å². The number of benzene rings is 1. The number of amides is 5. The first kappa shape index (κ1) is 31.8. The minimum Gasteiger partial charge on any atom is -0.388 e. The molecule has 0 heterocycles. The SMILES string of the molecule is CC(C)[C@H](NC(=O)S)C(=O)N[C@@H](Cc1ccccc1)C(=O)N[C@@H](C)C(=O)NC(CCC(N)=O)C(O)CF. The molecule has 0 bridgehead atoms. The van der Waals surface area contributed by atoms with Gasteiger partial charge in [0, 0.05) is 12.8 Å². The van der Waals surface area contributed by atoms with E-state index in [-0.39, 0.29) is 25.2 Å². The first-order chi connectivity index (χ1) is 17.3. The number of rotatable bonds is 15. The Morgan fingerprint density at radius 3 is 2.08 bits per heavy atom. The molecule has 0 radical (unpaired) electrons. The van der Waals surface area contributed by atoms with Crippen LogP contribution < -0.4 is 27.0 Å². The molecule has 1 aromatic carbocycles. The maximum Gasteiger partial charge on any atom is 0.276 e. The summed E-state index contributed by atoms with van der Waals surface area (Å²) in [4.78, 5) is 61.2. The second-order valence-electron chi connectivity index (χ2n) is 8.99. The van der Waals surface area contributed by atoms with E-state index < -0.39 is 65.8 Å². The number of hydrogen-bond donors (Lipinski definition) is 7. The van der Waals surface area contributed by atoms with Gasteiger partial charge in [-0.15, -0.1) is 0 Å². The molecule has 11 nitrogen and oxygen atoms in total. The first-order valence-electron chi connectivity index (χ1n) is 11.8. The molecule has 0 aliphatic heterocycles. The summed E-state index contributed by atoms with van der Waals surface area (Å²) in [5.41, 5.74) is 5.83. The van der Waals surface area contributed by atoms with Crippen LogP contribution in [0.3, 0.4) is 0 Å². The molecule has 37 heavy (non-hydrogen) atoms. The topological polar surface area (TPSA) is 180 Å². The van der Waals surface area contributed by atoms with Gasteiger partial charge in [-0.05, 0) is 24.8 Å². The van der Waals surface area contributed by atoms with Gasteiger partial charge in [-0.2, -0.15) is 0 Å². The Morgan fingerprint density at radius 1 is 0.946 bits per heavy atom. The lowest BCUT2D eigenvalue weighted by atomic mass is 10.0. The Balaban J connectivity index is 3.00. The number of primary amides is 1. The Bertz CT molecular complexity index is 935. The van der Waals surface area contributed by atoms with Crippen LogP contribution in [0, 0.1) is 5.92 Å². The zero-order valence-corrected chi connectivity index (χ0v) is 22.0. The van der Waals surface area contributed by atoms with Crippen molar-refractivity contribution in [3.8, 4) is 0 Å². The fourth-order valence-electron chi connectivity index (χ4n) is 3.44. The summed E-state index contributed by atoms with van der Waals surface area (Å²) in [5, 5.41) is 19.1. The molecular formula is C24H36FN5O6S. The van der Waals surface area contributed by atoms with E-state index in [0.717, 1.165) is 5.56 Å². The van der Waals surface area contributed by atoms with E-state index in [9.17, 15) is 33.5 Å². The number of aliphatic hydroxyl groups excluding tert-OH is 1. The van der Waals surface area contributed by atoms with E-state index in [1.54, 1.807) is 44.2 Å². The van der Waals surface area contributed by atoms with Crippen LogP contribution in [-0.4, -0.2) is 70.9 Å². The van der Waals surface area contributed by atoms with Crippen molar-refractivity contribution in [1.82, 2.24) is 21.3 Å². The van der Waals surface area contributed by atoms with Crippen molar-refractivity contribution in [3.05, 3.63) is 35.9 Å². The third-order valence-electron chi connectivity index (χ3n) is 5.55. The third-order valence-corrected chi connectivity index (χ3v) is 5.68. The van der Waals surface area contributed by atoms with Crippen molar-refractivity contribution in [1.29, 1.82) is 0 Å². The number of thiol groups is 1. The van der Waals surface area contributed by atoms with Crippen LogP contribution >= 0.6 is 12.6 Å². The van der Waals surface area contributed by atoms with Crippen molar-refractivity contribution in [3.63, 3.8) is 0 Å². The molecule has 0 saturated heterocycles. The van der Waals surface area contributed by atoms with E-state index in [0.29, 0.717) is 0 Å². The lowest BCUT2D eigenvalue weighted by molar-refractivity contribution is -0.133. The average Bonchev–Trinajstić information content (AvgIpc) is 2.83. The second kappa shape index (κ2) is 15.8. The summed E-state index contributed by atoms with van der Waals surface area (Å²) < 4.78 is 13.0. The molecule has 1 aromatic rings. The van der Waals surface area contributed by atoms with Gasteiger partial charge >= 0.3 is 0 Å². The van der Waals surface area contributed by atoms with Gasteiger partial charge in [0.15, 0.2) is 0 Å². The van der Waals surface area contributed by atoms with Crippen molar-refractivity contribution >= 4 is 41.5 Å². The predicted octanol–water partition coefficient (Wildman–Crippen LogP) is -0.0367. The van der Waals surface area contributed by atoms with Gasteiger partial charge in [-0.1, -0.05) is 56.8 Å². The number of hydrogen-bond acceptors (Lipinski definition) is 6. The molecular weight excluding hydrogens is 505 g/mol. The Hall–Kier alpha value is -3.19. The Kier molecular flexibility index (Phi) is 13.6. The summed E-state index contributed by atoms with van der Waals surface area (Å²) in [6, 6.07) is 4.56. The highest BCUT2D eigenvalue weighted by Gasteiger charge is 2.31. The van der Waals surface area contributed by atoms with Crippen molar-refractivity contribution in [2.75, 3.05) is 6.67 Å². The molecule has 13 heteroatoms. The highest BCUT2D eigenvalue weighted by Crippen LogP contribution is 2.08. The third kappa shape index (κ3) is 11.6. The van der Waals surface area contributed by atoms with Crippen LogP contribution in [0.2, 0.25) is 0 Å². The predicted molar refractivity (Wildman–Crippen MR) is 138 cm³/mol. The molecule has 0 aliphatic rings. The van der Waals surface area contributed by atoms with Crippen LogP contribution in [0.15, 0.2) is 30.3 Å². The van der Waals surface area contributed by atoms with Crippen molar-refractivity contribution < 1.29 is 33.5 Å². The van der Waals surface area contributed by atoms with Crippen molar-refractivity contribution in [2.45, 2.75) is 70.3 Å². The number of nitrogens with one attached hydrogen (secondary N) is 4. The Labute approximate surface area is 220 Å². The fraction of sp³-hybridized carbons (Fsp3) is 0.542. The quantitative estimate of drug-likeness (QED) is 0.153. The van der Waals surface area contributed by atoms with Gasteiger partial charge in [0.25, 0.3) is 5.24 Å². The molecule has 0 fully saturated rings. The molecule has 7 N–H and O–H groups in total. The van der Waals surface area contributed by atoms with Gasteiger partial charge in [-0.3, -0.25) is 24.0 Å². The van der Waals surface area contributed by atoms with Gasteiger partial charge in [0.1, 0.15) is 30.9 Å². The summed E-state index contributed by atoms with van der Waals surface area (Å²) in [6.45, 7) is 3.65. The summed E-state index contributed by atoms with van der Waals surface area (Å²) in [7, 11) is 0. The van der Waals surface area contributed by atoms with Crippen LogP contribution in [0.25, 0.3) is 0 Å². The minimum atomic E-state index is -1.56. The standard InChI is InChI=1S/C24H36FN5O6S/c1-13(2)20(30-24(36)37)23(35)29-17(11-15-7-5-4-6-8-15)22(34)27-14(3)21(33)28-16(18(31)12-25)9-10-19(26)32/h4-8,13-14,16-18,20,31H,9-12H2,1-3H3,(H2,26,32)(H,27,34)(H,28,33)(H,29,35)(H2,30,36,37)/t14-,16?,17-,18?,20-/m0/s1. The van der Waals surface area contributed by atoms with E-state index in [4.69, 9.17) is 5.73 Å². The highest BCUT2D eigenvalue weighted by atomic mass is 32.1. The largest absolute Gasteiger partial charge is 0.388 e. The van der Waals surface area contributed by atoms with Crippen LogP contribution in [0.4, 0.5) is 9.18 Å². The lowest BCUT2D eigenvalue weighted by Crippen LogP contribution is -2.58. The van der Waals surface area contributed by atoms with Gasteiger partial charge in [0.05, 0.1) is 6.04 Å². The fourth-order valence-corrected chi connectivity index (χ4v) is 3.58. The lowest BCUT2D eigenvalue weighted by Gasteiger charge is -2.27. The zero-order chi connectivity index (χ0) is 28.1. The molecule has 5 atom stereocenters. The van der Waals surface area contributed by atoms with Crippen molar-refractivity contribution in [2.24, 2.45) is 11.7 Å². The normalized spacial score (nSPS) is 15.0. The smallest absolute Gasteiger partial charge is 0.276 e. The molecule has 0 aromatic heterocycles. The minimum absolute atomic E-state index is 0.0903. The van der Waals surface area contributed by atoms with E-state index in [1.807, 2.05) is 0 Å². The monoisotopic (exact) mass is 541 g/mol. The van der Waals surface area contributed by atoms with E-state index in [2.05, 4.69) is 33.9 Å². The van der Waals surface area contributed by atoms with Gasteiger partial charge in [-0.25, -0.2) is 4.39 Å². The molecule has 0 spiro atoms. The summed E-state index contributed by atoms with van der Waals surface area (Å²) in [5.74, 6) is -3.01. The van der Waals surface area contributed by atoms with E-state index >= 15 is 0 Å². The van der Waals surface area contributed by atoms with E-state index in [1.165, 1.54) is 6.92 Å². The summed E-state index contributed by atoms with van der Waals surface area (Å²) >= 11 is 3.66. The number of nitrogens with two attached hydrogens (primary N) is 1. The molecule has 0 saturated carbocycles. The van der Waals surface area contributed by atoms with Crippen LogP contribution in [-0.2, 0) is 25.6 Å².